The Kier molecular flexibility index (Phi) is 3.71. The maximum atomic E-state index is 11.8. The van der Waals surface area contributed by atoms with Gasteiger partial charge in [-0.1, -0.05) is 11.6 Å². The van der Waals surface area contributed by atoms with Crippen LogP contribution in [0, 0.1) is 13.8 Å². The minimum atomic E-state index is -0.334. The number of carbonyl (C=O) groups excluding carboxylic acids is 1. The van der Waals surface area contributed by atoms with Crippen molar-refractivity contribution in [2.45, 2.75) is 45.7 Å². The lowest BCUT2D eigenvalue weighted by atomic mass is 10.2. The number of aromatic nitrogens is 2. The van der Waals surface area contributed by atoms with Crippen molar-refractivity contribution < 1.29 is 4.79 Å². The van der Waals surface area contributed by atoms with Crippen LogP contribution < -0.4 is 10.6 Å². The molecule has 18 heavy (non-hydrogen) atoms. The van der Waals surface area contributed by atoms with Crippen molar-refractivity contribution in [2.24, 2.45) is 0 Å². The van der Waals surface area contributed by atoms with Crippen LogP contribution in [0.3, 0.4) is 0 Å². The first-order valence-corrected chi connectivity index (χ1v) is 6.43. The van der Waals surface area contributed by atoms with Gasteiger partial charge in [-0.3, -0.25) is 4.79 Å². The van der Waals surface area contributed by atoms with Crippen LogP contribution in [0.1, 0.15) is 30.9 Å². The van der Waals surface area contributed by atoms with Crippen LogP contribution in [-0.4, -0.2) is 28.2 Å². The van der Waals surface area contributed by atoms with Crippen LogP contribution in [-0.2, 0) is 4.79 Å². The lowest BCUT2D eigenvalue weighted by Gasteiger charge is -2.16. The highest BCUT2D eigenvalue weighted by Gasteiger charge is 2.26. The Hall–Kier alpha value is -1.36. The highest BCUT2D eigenvalue weighted by Crippen LogP contribution is 2.22. The third kappa shape index (κ3) is 2.90. The first-order valence-electron chi connectivity index (χ1n) is 6.05. The summed E-state index contributed by atoms with van der Waals surface area (Å²) >= 11 is 5.88. The van der Waals surface area contributed by atoms with Gasteiger partial charge in [0.1, 0.15) is 6.04 Å². The molecule has 5 nitrogen and oxygen atoms in total. The van der Waals surface area contributed by atoms with Gasteiger partial charge in [-0.25, -0.2) is 0 Å². The quantitative estimate of drug-likeness (QED) is 0.874. The summed E-state index contributed by atoms with van der Waals surface area (Å²) in [7, 11) is 0. The molecule has 1 aromatic rings. The Bertz CT molecular complexity index is 473. The van der Waals surface area contributed by atoms with Crippen molar-refractivity contribution >= 4 is 23.3 Å². The van der Waals surface area contributed by atoms with Crippen LogP contribution in [0.4, 0.5) is 5.82 Å². The van der Waals surface area contributed by atoms with E-state index in [1.807, 2.05) is 20.8 Å². The molecule has 1 atom stereocenters. The monoisotopic (exact) mass is 268 g/mol. The first kappa shape index (κ1) is 13.1. The number of halogens is 1. The Morgan fingerprint density at radius 2 is 2.00 bits per heavy atom. The predicted octanol–water partition coefficient (Wildman–Crippen LogP) is 1.83. The van der Waals surface area contributed by atoms with Gasteiger partial charge in [-0.2, -0.15) is 0 Å². The van der Waals surface area contributed by atoms with E-state index in [4.69, 9.17) is 11.6 Å². The van der Waals surface area contributed by atoms with Crippen molar-refractivity contribution in [3.05, 3.63) is 16.3 Å². The Morgan fingerprint density at radius 1 is 1.33 bits per heavy atom. The standard InChI is InChI=1S/C12H17ClN4O/c1-6-7(2)11(17-16-10(6)13)14-8(3)12(18)15-9-4-5-9/h8-9H,4-5H2,1-3H3,(H,14,17)(H,15,18). The zero-order valence-corrected chi connectivity index (χ0v) is 11.5. The lowest BCUT2D eigenvalue weighted by Crippen LogP contribution is -2.39. The van der Waals surface area contributed by atoms with Gasteiger partial charge in [0, 0.05) is 6.04 Å². The van der Waals surface area contributed by atoms with Crippen molar-refractivity contribution in [3.8, 4) is 0 Å². The van der Waals surface area contributed by atoms with E-state index in [1.54, 1.807) is 0 Å². The summed E-state index contributed by atoms with van der Waals surface area (Å²) in [6.07, 6.45) is 2.16. The number of amides is 1. The molecule has 1 aliphatic rings. The van der Waals surface area contributed by atoms with Crippen molar-refractivity contribution in [3.63, 3.8) is 0 Å². The van der Waals surface area contributed by atoms with Crippen molar-refractivity contribution in [2.75, 3.05) is 5.32 Å². The molecule has 0 aliphatic heterocycles. The number of hydrogen-bond donors (Lipinski definition) is 2. The highest BCUT2D eigenvalue weighted by molar-refractivity contribution is 6.30. The maximum absolute atomic E-state index is 11.8. The van der Waals surface area contributed by atoms with E-state index in [2.05, 4.69) is 20.8 Å². The summed E-state index contributed by atoms with van der Waals surface area (Å²) in [5, 5.41) is 14.2. The number of nitrogens with one attached hydrogen (secondary N) is 2. The van der Waals surface area contributed by atoms with Gasteiger partial charge < -0.3 is 10.6 Å². The minimum absolute atomic E-state index is 0.00805. The number of anilines is 1. The van der Waals surface area contributed by atoms with Crippen LogP contribution in [0.15, 0.2) is 0 Å². The van der Waals surface area contributed by atoms with E-state index < -0.39 is 0 Å². The summed E-state index contributed by atoms with van der Waals surface area (Å²) in [6, 6.07) is 0.0278. The fraction of sp³-hybridized carbons (Fsp3) is 0.583. The molecule has 6 heteroatoms. The van der Waals surface area contributed by atoms with Crippen LogP contribution >= 0.6 is 11.6 Å². The van der Waals surface area contributed by atoms with Gasteiger partial charge in [-0.05, 0) is 44.7 Å². The molecule has 0 radical (unpaired) electrons. The van der Waals surface area contributed by atoms with Crippen molar-refractivity contribution in [1.29, 1.82) is 0 Å². The van der Waals surface area contributed by atoms with Crippen molar-refractivity contribution in [1.82, 2.24) is 15.5 Å². The second-order valence-electron chi connectivity index (χ2n) is 4.74. The Morgan fingerprint density at radius 3 is 2.61 bits per heavy atom. The molecule has 1 saturated carbocycles. The number of hydrogen-bond acceptors (Lipinski definition) is 4. The summed E-state index contributed by atoms with van der Waals surface area (Å²) in [6.45, 7) is 5.60. The summed E-state index contributed by atoms with van der Waals surface area (Å²) in [5.41, 5.74) is 1.80. The van der Waals surface area contributed by atoms with Crippen LogP contribution in [0.5, 0.6) is 0 Å². The normalized spacial score (nSPS) is 16.2. The topological polar surface area (TPSA) is 66.9 Å². The summed E-state index contributed by atoms with van der Waals surface area (Å²) in [5.74, 6) is 0.599. The molecule has 0 saturated heterocycles. The van der Waals surface area contributed by atoms with Crippen LogP contribution in [0.2, 0.25) is 5.15 Å². The van der Waals surface area contributed by atoms with Crippen LogP contribution in [0.25, 0.3) is 0 Å². The predicted molar refractivity (Wildman–Crippen MR) is 70.8 cm³/mol. The van der Waals surface area contributed by atoms with E-state index in [0.717, 1.165) is 24.0 Å². The molecular formula is C12H17ClN4O. The zero-order chi connectivity index (χ0) is 13.3. The van der Waals surface area contributed by atoms with Gasteiger partial charge in [0.05, 0.1) is 0 Å². The Labute approximate surface area is 111 Å². The highest BCUT2D eigenvalue weighted by atomic mass is 35.5. The molecule has 0 spiro atoms. The summed E-state index contributed by atoms with van der Waals surface area (Å²) in [4.78, 5) is 11.8. The average molecular weight is 269 g/mol. The van der Waals surface area contributed by atoms with Gasteiger partial charge in [0.25, 0.3) is 0 Å². The minimum Gasteiger partial charge on any atom is -0.357 e. The second-order valence-corrected chi connectivity index (χ2v) is 5.10. The van der Waals surface area contributed by atoms with Gasteiger partial charge in [0.2, 0.25) is 5.91 Å². The Balaban J connectivity index is 2.03. The second kappa shape index (κ2) is 5.10. The average Bonchev–Trinajstić information content (AvgIpc) is 3.13. The van der Waals surface area contributed by atoms with Gasteiger partial charge in [-0.15, -0.1) is 10.2 Å². The molecular weight excluding hydrogens is 252 g/mol. The largest absolute Gasteiger partial charge is 0.357 e. The summed E-state index contributed by atoms with van der Waals surface area (Å²) < 4.78 is 0. The number of nitrogens with zero attached hydrogens (tertiary/aromatic N) is 2. The van der Waals surface area contributed by atoms with E-state index in [1.165, 1.54) is 0 Å². The fourth-order valence-corrected chi connectivity index (χ4v) is 1.72. The molecule has 0 bridgehead atoms. The van der Waals surface area contributed by atoms with E-state index in [0.29, 0.717) is 17.0 Å². The zero-order valence-electron chi connectivity index (χ0n) is 10.7. The maximum Gasteiger partial charge on any atom is 0.242 e. The molecule has 1 aliphatic carbocycles. The van der Waals surface area contributed by atoms with Gasteiger partial charge >= 0.3 is 0 Å². The van der Waals surface area contributed by atoms with Gasteiger partial charge in [0.15, 0.2) is 11.0 Å². The molecule has 2 rings (SSSR count). The number of rotatable bonds is 4. The molecule has 1 unspecified atom stereocenters. The van der Waals surface area contributed by atoms with E-state index in [9.17, 15) is 4.79 Å². The molecule has 2 N–H and O–H groups in total. The lowest BCUT2D eigenvalue weighted by molar-refractivity contribution is -0.121. The molecule has 0 aromatic carbocycles. The third-order valence-corrected chi connectivity index (χ3v) is 3.49. The fourth-order valence-electron chi connectivity index (χ4n) is 1.54. The van der Waals surface area contributed by atoms with E-state index >= 15 is 0 Å². The molecule has 1 fully saturated rings. The smallest absolute Gasteiger partial charge is 0.242 e. The van der Waals surface area contributed by atoms with E-state index in [-0.39, 0.29) is 11.9 Å². The molecule has 98 valence electrons. The number of carbonyl (C=O) groups is 1. The molecule has 1 aromatic heterocycles. The molecule has 1 heterocycles. The molecule has 1 amide bonds. The SMILES string of the molecule is Cc1c(Cl)nnc(NC(C)C(=O)NC2CC2)c1C. The first-order chi connectivity index (χ1) is 8.49. The third-order valence-electron chi connectivity index (χ3n) is 3.14.